The Hall–Kier alpha value is -8.08. The van der Waals surface area contributed by atoms with Crippen LogP contribution >= 0.6 is 11.8 Å². The molecule has 12 amide bonds. The minimum absolute atomic E-state index is 0.0247. The lowest BCUT2D eigenvalue weighted by Gasteiger charge is -2.33. The van der Waals surface area contributed by atoms with Gasteiger partial charge in [-0.1, -0.05) is 39.3 Å². The number of nitrogens with two attached hydrogens (primary N) is 1. The summed E-state index contributed by atoms with van der Waals surface area (Å²) in [5.74, 6) is -11.3. The van der Waals surface area contributed by atoms with Gasteiger partial charge in [0.05, 0.1) is 117 Å². The molecular formula is C67H99N15O21S2. The number of primary amides is 1. The van der Waals surface area contributed by atoms with Crippen LogP contribution in [0.25, 0.3) is 10.9 Å². The minimum Gasteiger partial charge on any atom is -0.610 e. The fourth-order valence-corrected chi connectivity index (χ4v) is 15.5. The zero-order valence-electron chi connectivity index (χ0n) is 59.7. The number of thioether (sulfide) groups is 1. The minimum atomic E-state index is -2.44. The van der Waals surface area contributed by atoms with Gasteiger partial charge in [-0.15, -0.1) is 5.10 Å². The van der Waals surface area contributed by atoms with Gasteiger partial charge in [0.15, 0.2) is 6.04 Å². The number of H-pyrrole nitrogens is 1. The van der Waals surface area contributed by atoms with E-state index in [-0.39, 0.29) is 91.0 Å². The van der Waals surface area contributed by atoms with Crippen molar-refractivity contribution in [2.24, 2.45) is 23.5 Å². The first kappa shape index (κ1) is 82.6. The first-order valence-corrected chi connectivity index (χ1v) is 37.8. The number of carbonyl (C=O) groups is 12. The van der Waals surface area contributed by atoms with Gasteiger partial charge in [0.25, 0.3) is 0 Å². The van der Waals surface area contributed by atoms with E-state index in [1.165, 1.54) is 18.9 Å². The molecule has 3 aromatic rings. The molecule has 580 valence electrons. The highest BCUT2D eigenvalue weighted by Gasteiger charge is 2.46. The van der Waals surface area contributed by atoms with Crippen LogP contribution in [-0.2, 0) is 113 Å². The Labute approximate surface area is 614 Å². The van der Waals surface area contributed by atoms with E-state index in [4.69, 9.17) is 29.4 Å². The molecule has 3 saturated heterocycles. The molecule has 2 unspecified atom stereocenters. The van der Waals surface area contributed by atoms with Gasteiger partial charge in [0.2, 0.25) is 75.9 Å². The Morgan fingerprint density at radius 1 is 0.800 bits per heavy atom. The van der Waals surface area contributed by atoms with E-state index in [2.05, 4.69) is 52.5 Å². The quantitative estimate of drug-likeness (QED) is 0.0179. The van der Waals surface area contributed by atoms with E-state index in [9.17, 15) is 68.1 Å². The number of hydrogen-bond acceptors (Lipinski definition) is 24. The van der Waals surface area contributed by atoms with Crippen LogP contribution in [0.1, 0.15) is 102 Å². The molecule has 12 atom stereocenters. The van der Waals surface area contributed by atoms with E-state index in [1.807, 2.05) is 0 Å². The largest absolute Gasteiger partial charge is 0.610 e. The van der Waals surface area contributed by atoms with Crippen molar-refractivity contribution < 1.29 is 101 Å². The number of methoxy groups -OCH3 is 1. The summed E-state index contributed by atoms with van der Waals surface area (Å²) in [6.45, 7) is 7.81. The standard InChI is InChI=1S/C67H99N15O21S2/c1-6-37(2)57-63(94)70-30-54(88)71-48-36-105(98)65-44(29-47(60(91)69-15-11-53(87)74-57)73-64(95)58(39(4)50(85)34-83)75-62(93)49-28-41(84)33-81(49)67(97)46(72-61(48)92)8-10-52(68)86)43-7-9-51(99-5)45(59(43)76-65)35-104-42-12-16-79(17-13-42)55(89)14-19-100-21-23-102-25-26-103-24-22-101-20-18-80-31-40(77-78-80)32-82-56(90)27-38(3)66(82)96/h7,9,31,37-39,41-42,46-50,57-58,76,83-85H,6,8,10-30,32-36H2,1-5H3,(H2,68,86)(H,69,91)(H,70,94)(H,71,88)(H,72,92)(H,73,95)(H,74,87)(H,75,93)/t37-,38?,39-,41+,46-,47-,48-,49-,50-,57-,58-,105?/m0/s1. The van der Waals surface area contributed by atoms with Crippen molar-refractivity contribution in [3.8, 4) is 5.75 Å². The normalized spacial score (nSPS) is 24.7. The van der Waals surface area contributed by atoms with Crippen LogP contribution in [-0.4, -0.2) is 284 Å². The average Bonchev–Trinajstić information content (AvgIpc) is 1.62. The number of benzene rings is 1. The lowest BCUT2D eigenvalue weighted by molar-refractivity contribution is -0.143. The lowest BCUT2D eigenvalue weighted by atomic mass is 9.93. The number of nitrogens with zero attached hydrogens (tertiary/aromatic N) is 6. The third-order valence-corrected chi connectivity index (χ3v) is 22.0. The van der Waals surface area contributed by atoms with Gasteiger partial charge >= 0.3 is 0 Å². The molecule has 0 radical (unpaired) electrons. The number of aromatic nitrogens is 4. The number of piperidine rings is 1. The zero-order valence-corrected chi connectivity index (χ0v) is 61.4. The van der Waals surface area contributed by atoms with Crippen molar-refractivity contribution in [3.63, 3.8) is 0 Å². The molecule has 2 aromatic heterocycles. The van der Waals surface area contributed by atoms with Crippen LogP contribution in [0.15, 0.2) is 23.4 Å². The van der Waals surface area contributed by atoms with Crippen molar-refractivity contribution in [2.75, 3.05) is 105 Å². The molecule has 5 aliphatic heterocycles. The van der Waals surface area contributed by atoms with Crippen molar-refractivity contribution in [1.29, 1.82) is 0 Å². The Balaban J connectivity index is 0.951. The van der Waals surface area contributed by atoms with Crippen LogP contribution in [0.4, 0.5) is 0 Å². The van der Waals surface area contributed by atoms with Gasteiger partial charge in [-0.3, -0.25) is 62.4 Å². The van der Waals surface area contributed by atoms with E-state index >= 15 is 9.35 Å². The fraction of sp³-hybridized carbons (Fsp3) is 0.672. The third-order valence-electron chi connectivity index (χ3n) is 19.2. The smallest absolute Gasteiger partial charge is 0.248 e. The maximum Gasteiger partial charge on any atom is 0.248 e. The first-order valence-electron chi connectivity index (χ1n) is 35.4. The molecule has 1 aromatic carbocycles. The molecule has 3 fully saturated rings. The van der Waals surface area contributed by atoms with Crippen molar-refractivity contribution in [1.82, 2.24) is 71.9 Å². The number of carbonyl (C=O) groups excluding carboxylic acids is 12. The van der Waals surface area contributed by atoms with Gasteiger partial charge in [-0.25, -0.2) is 4.68 Å². The van der Waals surface area contributed by atoms with Crippen molar-refractivity contribution in [2.45, 2.75) is 169 Å². The third kappa shape index (κ3) is 23.0. The average molecular weight is 1510 g/mol. The van der Waals surface area contributed by atoms with E-state index in [0.717, 1.165) is 4.90 Å². The van der Waals surface area contributed by atoms with E-state index in [1.54, 1.807) is 60.4 Å². The van der Waals surface area contributed by atoms with Crippen LogP contribution in [0.2, 0.25) is 0 Å². The number of aromatic amines is 1. The second kappa shape index (κ2) is 40.0. The molecule has 38 heteroatoms. The number of rotatable bonds is 29. The Morgan fingerprint density at radius 3 is 2.15 bits per heavy atom. The maximum atomic E-state index is 15.6. The summed E-state index contributed by atoms with van der Waals surface area (Å²) < 4.78 is 45.6. The number of hydrogen-bond donors (Lipinski definition) is 12. The molecule has 2 bridgehead atoms. The number of ether oxygens (including phenoxy) is 5. The van der Waals surface area contributed by atoms with E-state index < -0.39 is 182 Å². The summed E-state index contributed by atoms with van der Waals surface area (Å²) in [5.41, 5.74) is 7.12. The van der Waals surface area contributed by atoms with Crippen molar-refractivity contribution in [3.05, 3.63) is 35.2 Å². The fourth-order valence-electron chi connectivity index (χ4n) is 12.9. The molecule has 0 aliphatic carbocycles. The van der Waals surface area contributed by atoms with Crippen LogP contribution < -0.4 is 47.7 Å². The monoisotopic (exact) mass is 1510 g/mol. The molecule has 105 heavy (non-hydrogen) atoms. The van der Waals surface area contributed by atoms with Crippen LogP contribution in [0.5, 0.6) is 5.75 Å². The zero-order chi connectivity index (χ0) is 76.0. The van der Waals surface area contributed by atoms with Gasteiger partial charge in [0, 0.05) is 109 Å². The lowest BCUT2D eigenvalue weighted by Crippen LogP contribution is -2.61. The van der Waals surface area contributed by atoms with Gasteiger partial charge in [-0.05, 0) is 37.3 Å². The first-order chi connectivity index (χ1) is 50.3. The van der Waals surface area contributed by atoms with Gasteiger partial charge in [-0.2, -0.15) is 11.8 Å². The molecule has 8 rings (SSSR count). The molecule has 7 heterocycles. The highest BCUT2D eigenvalue weighted by atomic mass is 32.2. The summed E-state index contributed by atoms with van der Waals surface area (Å²) >= 11 is -0.870. The van der Waals surface area contributed by atoms with Gasteiger partial charge in [0.1, 0.15) is 47.4 Å². The number of aliphatic hydroxyl groups is 3. The molecule has 5 aliphatic rings. The second-order valence-corrected chi connectivity index (χ2v) is 29.5. The summed E-state index contributed by atoms with van der Waals surface area (Å²) in [7, 11) is 1.45. The Morgan fingerprint density at radius 2 is 1.50 bits per heavy atom. The Kier molecular flexibility index (Phi) is 31.5. The number of amides is 12. The predicted octanol–water partition coefficient (Wildman–Crippen LogP) is -3.97. The number of fused-ring (bicyclic) bond motifs is 5. The number of likely N-dealkylation sites (tertiary alicyclic amines) is 2. The summed E-state index contributed by atoms with van der Waals surface area (Å²) in [6.07, 6.45) is -1.67. The summed E-state index contributed by atoms with van der Waals surface area (Å²) in [5, 5.41) is 58.7. The number of aliphatic hydroxyl groups excluding tert-OH is 3. The summed E-state index contributed by atoms with van der Waals surface area (Å²) in [6, 6.07) is -6.48. The number of imide groups is 1. The SMILES string of the molecule is CC[C@H](C)[C@@H]1NC(=O)CCNC(=O)[C@@H]2Cc3c([nH]c4c(CSC5CCN(C(=O)CCOCCOCCOCCOCCn6cc(CN7C(=O)CC(C)C7=O)nn6)CC5)c(OC)ccc34)[S+]([O-])C[C@H](NC(=O)CNC1=O)C(=O)N[C@@H](CCC(N)=O)C(=O)N1C[C@H](O)C[C@H]1C(=O)N[C@@H]([C@@H](C)[C@@H](O)CO)C(=O)N2. The summed E-state index contributed by atoms with van der Waals surface area (Å²) in [4.78, 5) is 173. The van der Waals surface area contributed by atoms with Crippen molar-refractivity contribution >= 4 is 105 Å². The predicted molar refractivity (Wildman–Crippen MR) is 375 cm³/mol. The second-order valence-electron chi connectivity index (χ2n) is 26.7. The Bertz CT molecular complexity index is 3560. The molecular weight excluding hydrogens is 1410 g/mol. The highest BCUT2D eigenvalue weighted by Crippen LogP contribution is 2.39. The molecule has 13 N–H and O–H groups in total. The highest BCUT2D eigenvalue weighted by molar-refractivity contribution is 7.99. The molecule has 36 nitrogen and oxygen atoms in total. The van der Waals surface area contributed by atoms with Crippen LogP contribution in [0.3, 0.4) is 0 Å². The topological polar surface area (TPSA) is 501 Å². The number of nitrogens with one attached hydrogen (secondary N) is 8. The molecule has 0 spiro atoms. The van der Waals surface area contributed by atoms with E-state index in [0.29, 0.717) is 99.8 Å². The van der Waals surface area contributed by atoms with Gasteiger partial charge < -0.3 is 101 Å². The molecule has 0 saturated carbocycles. The maximum absolute atomic E-state index is 15.6. The van der Waals surface area contributed by atoms with Crippen LogP contribution in [0, 0.1) is 17.8 Å².